The molecule has 5 nitrogen and oxygen atoms in total. The molecular weight excluding hydrogens is 242 g/mol. The molecule has 0 radical (unpaired) electrons. The quantitative estimate of drug-likeness (QED) is 0.889. The van der Waals surface area contributed by atoms with Gasteiger partial charge in [0.25, 0.3) is 0 Å². The molecule has 1 fully saturated rings. The number of nitrogens with zero attached hydrogens (tertiary/aromatic N) is 2. The van der Waals surface area contributed by atoms with Crippen LogP contribution in [0.3, 0.4) is 0 Å². The predicted molar refractivity (Wildman–Crippen MR) is 74.0 cm³/mol. The van der Waals surface area contributed by atoms with Crippen LogP contribution in [-0.2, 0) is 9.53 Å². The maximum atomic E-state index is 12.1. The van der Waals surface area contributed by atoms with Gasteiger partial charge in [-0.05, 0) is 18.6 Å². The average molecular weight is 263 g/mol. The lowest BCUT2D eigenvalue weighted by Gasteiger charge is -2.28. The number of carbonyl (C=O) groups excluding carboxylic acids is 1. The van der Waals surface area contributed by atoms with Crippen LogP contribution in [0.2, 0.25) is 0 Å². The third-order valence-electron chi connectivity index (χ3n) is 3.25. The number of hydrogen-bond donors (Lipinski definition) is 1. The number of amides is 1. The monoisotopic (exact) mass is 263 g/mol. The number of aromatic nitrogens is 1. The van der Waals surface area contributed by atoms with Crippen molar-refractivity contribution in [1.29, 1.82) is 0 Å². The molecule has 1 aliphatic rings. The molecule has 1 atom stereocenters. The molecule has 5 heteroatoms. The SMILES string of the molecule is Cc1ccc(NC(=O)[C@@H](C)CN2CCOCC2)nc1. The Morgan fingerprint density at radius 1 is 1.47 bits per heavy atom. The smallest absolute Gasteiger partial charge is 0.229 e. The third kappa shape index (κ3) is 4.29. The van der Waals surface area contributed by atoms with E-state index in [2.05, 4.69) is 15.2 Å². The minimum atomic E-state index is -0.0544. The number of aryl methyl sites for hydroxylation is 1. The molecule has 0 saturated carbocycles. The molecule has 1 amide bonds. The molecule has 0 spiro atoms. The molecule has 1 aromatic heterocycles. The molecule has 2 rings (SSSR count). The van der Waals surface area contributed by atoms with Crippen molar-refractivity contribution in [1.82, 2.24) is 9.88 Å². The summed E-state index contributed by atoms with van der Waals surface area (Å²) < 4.78 is 5.30. The number of pyridine rings is 1. The second-order valence-electron chi connectivity index (χ2n) is 5.02. The van der Waals surface area contributed by atoms with Gasteiger partial charge in [-0.3, -0.25) is 9.69 Å². The molecular formula is C14H21N3O2. The second kappa shape index (κ2) is 6.63. The lowest BCUT2D eigenvalue weighted by atomic mass is 10.1. The van der Waals surface area contributed by atoms with E-state index in [-0.39, 0.29) is 11.8 Å². The summed E-state index contributed by atoms with van der Waals surface area (Å²) in [5.41, 5.74) is 1.08. The van der Waals surface area contributed by atoms with Gasteiger partial charge in [0, 0.05) is 31.7 Å². The van der Waals surface area contributed by atoms with Crippen molar-refractivity contribution in [3.63, 3.8) is 0 Å². The summed E-state index contributed by atoms with van der Waals surface area (Å²) in [6.45, 7) is 8.00. The van der Waals surface area contributed by atoms with Gasteiger partial charge in [0.2, 0.25) is 5.91 Å². The van der Waals surface area contributed by atoms with E-state index in [1.165, 1.54) is 0 Å². The van der Waals surface area contributed by atoms with E-state index in [0.29, 0.717) is 5.82 Å². The Kier molecular flexibility index (Phi) is 4.87. The van der Waals surface area contributed by atoms with Gasteiger partial charge in [-0.2, -0.15) is 0 Å². The van der Waals surface area contributed by atoms with Crippen molar-refractivity contribution in [3.05, 3.63) is 23.9 Å². The van der Waals surface area contributed by atoms with E-state index in [9.17, 15) is 4.79 Å². The van der Waals surface area contributed by atoms with Gasteiger partial charge in [-0.25, -0.2) is 4.98 Å². The first-order chi connectivity index (χ1) is 9.15. The van der Waals surface area contributed by atoms with Gasteiger partial charge < -0.3 is 10.1 Å². The highest BCUT2D eigenvalue weighted by Gasteiger charge is 2.19. The fraction of sp³-hybridized carbons (Fsp3) is 0.571. The van der Waals surface area contributed by atoms with Crippen LogP contribution >= 0.6 is 0 Å². The number of rotatable bonds is 4. The summed E-state index contributed by atoms with van der Waals surface area (Å²) in [5, 5.41) is 2.85. The first kappa shape index (κ1) is 14.0. The standard InChI is InChI=1S/C14H21N3O2/c1-11-3-4-13(15-9-11)16-14(18)12(2)10-17-5-7-19-8-6-17/h3-4,9,12H,5-8,10H2,1-2H3,(H,15,16,18)/t12-/m0/s1. The summed E-state index contributed by atoms with van der Waals surface area (Å²) in [6, 6.07) is 3.77. The fourth-order valence-corrected chi connectivity index (χ4v) is 2.05. The molecule has 1 aromatic rings. The van der Waals surface area contributed by atoms with E-state index in [4.69, 9.17) is 4.74 Å². The summed E-state index contributed by atoms with van der Waals surface area (Å²) >= 11 is 0. The third-order valence-corrected chi connectivity index (χ3v) is 3.25. The Balaban J connectivity index is 1.83. The van der Waals surface area contributed by atoms with Crippen molar-refractivity contribution < 1.29 is 9.53 Å². The van der Waals surface area contributed by atoms with Crippen LogP contribution in [0.5, 0.6) is 0 Å². The minimum Gasteiger partial charge on any atom is -0.379 e. The number of anilines is 1. The lowest BCUT2D eigenvalue weighted by Crippen LogP contribution is -2.41. The van der Waals surface area contributed by atoms with Crippen molar-refractivity contribution in [2.75, 3.05) is 38.2 Å². The highest BCUT2D eigenvalue weighted by Crippen LogP contribution is 2.08. The van der Waals surface area contributed by atoms with Gasteiger partial charge in [-0.1, -0.05) is 13.0 Å². The Morgan fingerprint density at radius 3 is 2.84 bits per heavy atom. The predicted octanol–water partition coefficient (Wildman–Crippen LogP) is 1.30. The summed E-state index contributed by atoms with van der Waals surface area (Å²) in [7, 11) is 0. The largest absolute Gasteiger partial charge is 0.379 e. The first-order valence-corrected chi connectivity index (χ1v) is 6.69. The van der Waals surface area contributed by atoms with Crippen LogP contribution in [0.15, 0.2) is 18.3 Å². The highest BCUT2D eigenvalue weighted by molar-refractivity contribution is 5.91. The molecule has 1 N–H and O–H groups in total. The number of carbonyl (C=O) groups is 1. The zero-order valence-electron chi connectivity index (χ0n) is 11.6. The van der Waals surface area contributed by atoms with E-state index >= 15 is 0 Å². The first-order valence-electron chi connectivity index (χ1n) is 6.69. The fourth-order valence-electron chi connectivity index (χ4n) is 2.05. The number of nitrogens with one attached hydrogen (secondary N) is 1. The normalized spacial score (nSPS) is 18.0. The summed E-state index contributed by atoms with van der Waals surface area (Å²) in [4.78, 5) is 18.5. The molecule has 19 heavy (non-hydrogen) atoms. The van der Waals surface area contributed by atoms with Gasteiger partial charge in [0.05, 0.1) is 13.2 Å². The zero-order chi connectivity index (χ0) is 13.7. The maximum absolute atomic E-state index is 12.1. The van der Waals surface area contributed by atoms with Gasteiger partial charge in [-0.15, -0.1) is 0 Å². The van der Waals surface area contributed by atoms with E-state index in [1.807, 2.05) is 26.0 Å². The van der Waals surface area contributed by atoms with Crippen LogP contribution in [-0.4, -0.2) is 48.6 Å². The Labute approximate surface area is 114 Å². The minimum absolute atomic E-state index is 0.0165. The molecule has 1 aliphatic heterocycles. The lowest BCUT2D eigenvalue weighted by molar-refractivity contribution is -0.120. The van der Waals surface area contributed by atoms with E-state index < -0.39 is 0 Å². The van der Waals surface area contributed by atoms with E-state index in [1.54, 1.807) is 6.20 Å². The van der Waals surface area contributed by atoms with Crippen LogP contribution in [0, 0.1) is 12.8 Å². The Hall–Kier alpha value is -1.46. The molecule has 1 saturated heterocycles. The number of ether oxygens (including phenoxy) is 1. The molecule has 0 aromatic carbocycles. The van der Waals surface area contributed by atoms with Crippen molar-refractivity contribution in [2.45, 2.75) is 13.8 Å². The van der Waals surface area contributed by atoms with Gasteiger partial charge in [0.15, 0.2) is 0 Å². The maximum Gasteiger partial charge on any atom is 0.229 e. The number of morpholine rings is 1. The average Bonchev–Trinajstić information content (AvgIpc) is 2.42. The van der Waals surface area contributed by atoms with Gasteiger partial charge >= 0.3 is 0 Å². The molecule has 104 valence electrons. The summed E-state index contributed by atoms with van der Waals surface area (Å²) in [5.74, 6) is 0.577. The molecule has 0 aliphatic carbocycles. The number of hydrogen-bond acceptors (Lipinski definition) is 4. The van der Waals surface area contributed by atoms with Crippen molar-refractivity contribution >= 4 is 11.7 Å². The second-order valence-corrected chi connectivity index (χ2v) is 5.02. The van der Waals surface area contributed by atoms with Crippen LogP contribution in [0.25, 0.3) is 0 Å². The van der Waals surface area contributed by atoms with E-state index in [0.717, 1.165) is 38.4 Å². The highest BCUT2D eigenvalue weighted by atomic mass is 16.5. The molecule has 2 heterocycles. The van der Waals surface area contributed by atoms with Crippen molar-refractivity contribution in [2.24, 2.45) is 5.92 Å². The topological polar surface area (TPSA) is 54.5 Å². The Morgan fingerprint density at radius 2 is 2.21 bits per heavy atom. The van der Waals surface area contributed by atoms with Crippen LogP contribution in [0.4, 0.5) is 5.82 Å². The van der Waals surface area contributed by atoms with Crippen LogP contribution < -0.4 is 5.32 Å². The molecule has 0 bridgehead atoms. The molecule has 0 unspecified atom stereocenters. The summed E-state index contributed by atoms with van der Waals surface area (Å²) in [6.07, 6.45) is 1.75. The Bertz CT molecular complexity index is 413. The zero-order valence-corrected chi connectivity index (χ0v) is 11.6. The van der Waals surface area contributed by atoms with Crippen LogP contribution in [0.1, 0.15) is 12.5 Å². The van der Waals surface area contributed by atoms with Gasteiger partial charge in [0.1, 0.15) is 5.82 Å². The van der Waals surface area contributed by atoms with Crippen molar-refractivity contribution in [3.8, 4) is 0 Å².